The fraction of sp³-hybridized carbons (Fsp3) is 0.167. The fourth-order valence-corrected chi connectivity index (χ4v) is 4.49. The van der Waals surface area contributed by atoms with Gasteiger partial charge in [0.15, 0.2) is 5.13 Å². The van der Waals surface area contributed by atoms with Gasteiger partial charge in [0.05, 0.1) is 22.0 Å². The van der Waals surface area contributed by atoms with Crippen LogP contribution in [0.1, 0.15) is 25.9 Å². The highest BCUT2D eigenvalue weighted by molar-refractivity contribution is 7.20. The van der Waals surface area contributed by atoms with E-state index in [1.54, 1.807) is 16.8 Å². The first kappa shape index (κ1) is 16.9. The molecule has 0 atom stereocenters. The molecule has 1 amide bonds. The van der Waals surface area contributed by atoms with Gasteiger partial charge < -0.3 is 0 Å². The summed E-state index contributed by atoms with van der Waals surface area (Å²) in [7, 11) is 0. The summed E-state index contributed by atoms with van der Waals surface area (Å²) in [6.45, 7) is 5.79. The molecule has 0 aliphatic heterocycles. The molecule has 0 spiro atoms. The van der Waals surface area contributed by atoms with Gasteiger partial charge in [-0.3, -0.25) is 10.1 Å². The zero-order valence-corrected chi connectivity index (χ0v) is 16.0. The molecule has 0 bridgehead atoms. The molecule has 0 saturated heterocycles. The van der Waals surface area contributed by atoms with Crippen LogP contribution in [0.4, 0.5) is 9.52 Å². The summed E-state index contributed by atoms with van der Waals surface area (Å²) >= 11 is 2.81. The molecular weight excluding hydrogens is 371 g/mol. The summed E-state index contributed by atoms with van der Waals surface area (Å²) in [6, 6.07) is 7.97. The molecule has 4 aromatic rings. The highest BCUT2D eigenvalue weighted by atomic mass is 32.1. The zero-order valence-electron chi connectivity index (χ0n) is 14.3. The van der Waals surface area contributed by atoms with Crippen LogP contribution in [-0.2, 0) is 0 Å². The first-order chi connectivity index (χ1) is 12.4. The van der Waals surface area contributed by atoms with Crippen LogP contribution in [0.3, 0.4) is 0 Å². The van der Waals surface area contributed by atoms with Crippen LogP contribution in [-0.4, -0.2) is 20.7 Å². The summed E-state index contributed by atoms with van der Waals surface area (Å²) in [4.78, 5) is 19.5. The molecule has 0 fully saturated rings. The number of halogens is 1. The Morgan fingerprint density at radius 2 is 1.85 bits per heavy atom. The lowest BCUT2D eigenvalue weighted by molar-refractivity contribution is 0.103. The largest absolute Gasteiger partial charge is 0.297 e. The Morgan fingerprint density at radius 3 is 2.50 bits per heavy atom. The molecule has 0 aliphatic rings. The number of hydrogen-bond donors (Lipinski definition) is 1. The number of thiazole rings is 1. The van der Waals surface area contributed by atoms with Gasteiger partial charge in [0, 0.05) is 10.3 Å². The molecule has 3 aromatic heterocycles. The van der Waals surface area contributed by atoms with Crippen molar-refractivity contribution in [1.29, 1.82) is 0 Å². The number of aromatic nitrogens is 3. The van der Waals surface area contributed by atoms with Gasteiger partial charge in [0.25, 0.3) is 5.91 Å². The highest BCUT2D eigenvalue weighted by Crippen LogP contribution is 2.31. The molecule has 0 aliphatic carbocycles. The van der Waals surface area contributed by atoms with Crippen molar-refractivity contribution >= 4 is 43.9 Å². The third kappa shape index (κ3) is 2.91. The number of carbonyl (C=O) groups excluding carboxylic acids is 1. The monoisotopic (exact) mass is 386 g/mol. The molecule has 1 aromatic carbocycles. The summed E-state index contributed by atoms with van der Waals surface area (Å²) in [5.41, 5.74) is 2.49. The van der Waals surface area contributed by atoms with Crippen molar-refractivity contribution < 1.29 is 9.18 Å². The molecule has 4 rings (SSSR count). The first-order valence-corrected chi connectivity index (χ1v) is 9.56. The van der Waals surface area contributed by atoms with E-state index >= 15 is 0 Å². The van der Waals surface area contributed by atoms with Crippen LogP contribution in [0.15, 0.2) is 30.3 Å². The van der Waals surface area contributed by atoms with E-state index in [0.29, 0.717) is 10.0 Å². The van der Waals surface area contributed by atoms with Crippen LogP contribution >= 0.6 is 22.7 Å². The minimum Gasteiger partial charge on any atom is -0.297 e. The molecule has 132 valence electrons. The van der Waals surface area contributed by atoms with E-state index in [1.807, 2.05) is 26.8 Å². The first-order valence-electron chi connectivity index (χ1n) is 7.93. The van der Waals surface area contributed by atoms with Crippen molar-refractivity contribution in [2.45, 2.75) is 20.8 Å². The minimum atomic E-state index is -0.297. The lowest BCUT2D eigenvalue weighted by Gasteiger charge is -2.02. The van der Waals surface area contributed by atoms with Crippen LogP contribution in [0.25, 0.3) is 15.9 Å². The zero-order chi connectivity index (χ0) is 18.4. The molecule has 5 nitrogen and oxygen atoms in total. The molecule has 0 saturated carbocycles. The lowest BCUT2D eigenvalue weighted by Crippen LogP contribution is -2.09. The van der Waals surface area contributed by atoms with Gasteiger partial charge >= 0.3 is 0 Å². The van der Waals surface area contributed by atoms with Gasteiger partial charge in [0.1, 0.15) is 10.6 Å². The van der Waals surface area contributed by atoms with Gasteiger partial charge in [-0.15, -0.1) is 22.7 Å². The molecule has 8 heteroatoms. The van der Waals surface area contributed by atoms with Crippen LogP contribution in [0.5, 0.6) is 0 Å². The molecule has 26 heavy (non-hydrogen) atoms. The smallest absolute Gasteiger partial charge is 0.267 e. The Kier molecular flexibility index (Phi) is 4.08. The summed E-state index contributed by atoms with van der Waals surface area (Å²) < 4.78 is 14.9. The van der Waals surface area contributed by atoms with E-state index < -0.39 is 0 Å². The minimum absolute atomic E-state index is 0.190. The van der Waals surface area contributed by atoms with E-state index in [0.717, 1.165) is 32.2 Å². The number of nitrogens with one attached hydrogen (secondary N) is 1. The van der Waals surface area contributed by atoms with Crippen LogP contribution < -0.4 is 5.32 Å². The average molecular weight is 386 g/mol. The third-order valence-electron chi connectivity index (χ3n) is 4.09. The number of fused-ring (bicyclic) bond motifs is 1. The molecule has 3 heterocycles. The predicted molar refractivity (Wildman–Crippen MR) is 103 cm³/mol. The number of hydrogen-bond acceptors (Lipinski definition) is 5. The van der Waals surface area contributed by atoms with Gasteiger partial charge in [-0.2, -0.15) is 5.10 Å². The quantitative estimate of drug-likeness (QED) is 0.547. The standard InChI is InChI=1S/C18H15FN4OS2/c1-9-11(3)25-18(20-9)21-16(24)15-8-14-10(2)22-23(17(14)26-15)13-6-4-12(19)5-7-13/h4-8H,1-3H3,(H,20,21,24). The van der Waals surface area contributed by atoms with Crippen molar-refractivity contribution in [1.82, 2.24) is 14.8 Å². The average Bonchev–Trinajstić information content (AvgIpc) is 3.25. The second kappa shape index (κ2) is 6.30. The van der Waals surface area contributed by atoms with Crippen molar-refractivity contribution in [2.75, 3.05) is 5.32 Å². The number of thiophene rings is 1. The maximum absolute atomic E-state index is 13.2. The Balaban J connectivity index is 1.70. The topological polar surface area (TPSA) is 59.8 Å². The van der Waals surface area contributed by atoms with Crippen LogP contribution in [0.2, 0.25) is 0 Å². The van der Waals surface area contributed by atoms with Gasteiger partial charge in [-0.25, -0.2) is 14.1 Å². The summed E-state index contributed by atoms with van der Waals surface area (Å²) in [5, 5.41) is 8.88. The lowest BCUT2D eigenvalue weighted by atomic mass is 10.3. The normalized spacial score (nSPS) is 11.2. The number of rotatable bonds is 3. The molecular formula is C18H15FN4OS2. The second-order valence-electron chi connectivity index (χ2n) is 5.92. The van der Waals surface area contributed by atoms with E-state index in [-0.39, 0.29) is 11.7 Å². The number of carbonyl (C=O) groups is 1. The van der Waals surface area contributed by atoms with Gasteiger partial charge in [0.2, 0.25) is 0 Å². The molecule has 0 unspecified atom stereocenters. The molecule has 0 radical (unpaired) electrons. The summed E-state index contributed by atoms with van der Waals surface area (Å²) in [5.74, 6) is -0.487. The Bertz CT molecular complexity index is 1100. The number of anilines is 1. The Hall–Kier alpha value is -2.58. The van der Waals surface area contributed by atoms with E-state index in [4.69, 9.17) is 0 Å². The van der Waals surface area contributed by atoms with E-state index in [9.17, 15) is 9.18 Å². The third-order valence-corrected chi connectivity index (χ3v) is 6.19. The number of benzene rings is 1. The highest BCUT2D eigenvalue weighted by Gasteiger charge is 2.18. The number of nitrogens with zero attached hydrogens (tertiary/aromatic N) is 3. The van der Waals surface area contributed by atoms with Crippen molar-refractivity contribution in [2.24, 2.45) is 0 Å². The maximum Gasteiger partial charge on any atom is 0.267 e. The second-order valence-corrected chi connectivity index (χ2v) is 8.15. The van der Waals surface area contributed by atoms with Gasteiger partial charge in [-0.05, 0) is 51.1 Å². The predicted octanol–water partition coefficient (Wildman–Crippen LogP) is 4.86. The Labute approximate surface area is 157 Å². The van der Waals surface area contributed by atoms with Crippen molar-refractivity contribution in [3.8, 4) is 5.69 Å². The fourth-order valence-electron chi connectivity index (χ4n) is 2.60. The number of aryl methyl sites for hydroxylation is 3. The number of amides is 1. The van der Waals surface area contributed by atoms with E-state index in [1.165, 1.54) is 34.8 Å². The Morgan fingerprint density at radius 1 is 1.12 bits per heavy atom. The van der Waals surface area contributed by atoms with Crippen molar-refractivity contribution in [3.63, 3.8) is 0 Å². The SMILES string of the molecule is Cc1nc(NC(=O)c2cc3c(C)nn(-c4ccc(F)cc4)c3s2)sc1C. The van der Waals surface area contributed by atoms with Crippen LogP contribution in [0, 0.1) is 26.6 Å². The maximum atomic E-state index is 13.2. The molecule has 1 N–H and O–H groups in total. The van der Waals surface area contributed by atoms with E-state index in [2.05, 4.69) is 15.4 Å². The van der Waals surface area contributed by atoms with Crippen molar-refractivity contribution in [3.05, 3.63) is 57.3 Å². The summed E-state index contributed by atoms with van der Waals surface area (Å²) in [6.07, 6.45) is 0. The van der Waals surface area contributed by atoms with Gasteiger partial charge in [-0.1, -0.05) is 0 Å².